The van der Waals surface area contributed by atoms with Gasteiger partial charge < -0.3 is 15.0 Å². The van der Waals surface area contributed by atoms with Crippen molar-refractivity contribution in [3.8, 4) is 0 Å². The van der Waals surface area contributed by atoms with Crippen molar-refractivity contribution in [2.45, 2.75) is 26.7 Å². The van der Waals surface area contributed by atoms with Crippen LogP contribution in [-0.2, 0) is 9.53 Å². The fourth-order valence-electron chi connectivity index (χ4n) is 2.88. The monoisotopic (exact) mass is 390 g/mol. The summed E-state index contributed by atoms with van der Waals surface area (Å²) in [5.41, 5.74) is 4.69. The molecule has 7 heteroatoms. The highest BCUT2D eigenvalue weighted by Crippen LogP contribution is 2.45. The van der Waals surface area contributed by atoms with Gasteiger partial charge in [0.2, 0.25) is 0 Å². The number of nitrogens with one attached hydrogen (secondary N) is 2. The lowest BCUT2D eigenvalue weighted by Crippen LogP contribution is -2.44. The van der Waals surface area contributed by atoms with Gasteiger partial charge in [0.15, 0.2) is 11.5 Å². The fraction of sp³-hybridized carbons (Fsp3) is 0.500. The van der Waals surface area contributed by atoms with E-state index < -0.39 is 0 Å². The molecule has 2 fully saturated rings. The van der Waals surface area contributed by atoms with Gasteiger partial charge in [-0.25, -0.2) is 0 Å². The van der Waals surface area contributed by atoms with Gasteiger partial charge in [0, 0.05) is 43.5 Å². The Labute approximate surface area is 165 Å². The number of hydrazone groups is 1. The number of hydrogen-bond acceptors (Lipinski definition) is 6. The third-order valence-electron chi connectivity index (χ3n) is 4.88. The van der Waals surface area contributed by atoms with Crippen LogP contribution in [0.2, 0.25) is 5.02 Å². The molecule has 1 aromatic carbocycles. The number of allylic oxidation sites excluding steroid dienone is 2. The number of halogens is 1. The van der Waals surface area contributed by atoms with Crippen LogP contribution in [-0.4, -0.2) is 49.7 Å². The molecule has 1 aliphatic heterocycles. The highest BCUT2D eigenvalue weighted by molar-refractivity contribution is 6.30. The van der Waals surface area contributed by atoms with Crippen LogP contribution in [0.25, 0.3) is 0 Å². The van der Waals surface area contributed by atoms with Crippen molar-refractivity contribution in [3.05, 3.63) is 40.7 Å². The number of ether oxygens (including phenoxy) is 1. The van der Waals surface area contributed by atoms with Gasteiger partial charge >= 0.3 is 0 Å². The minimum Gasteiger partial charge on any atom is -0.487 e. The molecule has 1 heterocycles. The minimum atomic E-state index is -0.0815. The largest absolute Gasteiger partial charge is 0.487 e. The van der Waals surface area contributed by atoms with Crippen molar-refractivity contribution in [2.75, 3.05) is 38.2 Å². The lowest BCUT2D eigenvalue weighted by atomic mass is 10.1. The van der Waals surface area contributed by atoms with Crippen LogP contribution in [0, 0.1) is 5.41 Å². The first-order chi connectivity index (χ1) is 13.0. The van der Waals surface area contributed by atoms with Gasteiger partial charge in [0.05, 0.1) is 18.5 Å². The van der Waals surface area contributed by atoms with Gasteiger partial charge in [0.25, 0.3) is 0 Å². The van der Waals surface area contributed by atoms with E-state index in [0.29, 0.717) is 17.4 Å². The van der Waals surface area contributed by atoms with Gasteiger partial charge in [-0.2, -0.15) is 5.10 Å². The predicted molar refractivity (Wildman–Crippen MR) is 109 cm³/mol. The van der Waals surface area contributed by atoms with E-state index in [9.17, 15) is 4.79 Å². The van der Waals surface area contributed by atoms with Crippen LogP contribution in [0.1, 0.15) is 26.7 Å². The van der Waals surface area contributed by atoms with Crippen molar-refractivity contribution in [1.29, 1.82) is 0 Å². The van der Waals surface area contributed by atoms with Gasteiger partial charge in [0.1, 0.15) is 5.70 Å². The minimum absolute atomic E-state index is 0.0815. The third kappa shape index (κ3) is 5.71. The number of carbonyl (C=O) groups is 1. The molecule has 0 radical (unpaired) electrons. The first kappa shape index (κ1) is 19.7. The number of benzene rings is 1. The summed E-state index contributed by atoms with van der Waals surface area (Å²) in [5, 5.41) is 8.30. The third-order valence-corrected chi connectivity index (χ3v) is 5.12. The lowest BCUT2D eigenvalue weighted by molar-refractivity contribution is -0.117. The number of ketones is 1. The Kier molecular flexibility index (Phi) is 6.39. The first-order valence-corrected chi connectivity index (χ1v) is 9.73. The summed E-state index contributed by atoms with van der Waals surface area (Å²) >= 11 is 6.01. The average Bonchev–Trinajstić information content (AvgIpc) is 3.38. The second-order valence-corrected chi connectivity index (χ2v) is 7.92. The summed E-state index contributed by atoms with van der Waals surface area (Å²) in [6.07, 6.45) is 3.97. The van der Waals surface area contributed by atoms with Gasteiger partial charge in [-0.1, -0.05) is 24.6 Å². The maximum atomic E-state index is 12.3. The number of rotatable bonds is 8. The summed E-state index contributed by atoms with van der Waals surface area (Å²) in [6, 6.07) is 7.34. The topological polar surface area (TPSA) is 66.0 Å². The summed E-state index contributed by atoms with van der Waals surface area (Å²) in [4.78, 5) is 14.5. The van der Waals surface area contributed by atoms with Crippen LogP contribution in [0.3, 0.4) is 0 Å². The second kappa shape index (κ2) is 8.76. The Bertz CT molecular complexity index is 737. The standard InChI is InChI=1S/C20H27ClN4O2/c1-15(26)19(27-14-20(2)6-7-20)18(25-10-8-22-9-11-25)13-23-24-17-5-3-4-16(21)12-17/h3-5,12-13,22,24H,6-11,14H2,1-2H3/b19-18-,23-13-. The van der Waals surface area contributed by atoms with Crippen molar-refractivity contribution in [1.82, 2.24) is 10.2 Å². The molecule has 0 bridgehead atoms. The Morgan fingerprint density at radius 1 is 1.41 bits per heavy atom. The van der Waals surface area contributed by atoms with E-state index in [4.69, 9.17) is 16.3 Å². The molecule has 1 aliphatic carbocycles. The number of carbonyl (C=O) groups excluding carboxylic acids is 1. The Morgan fingerprint density at radius 3 is 2.78 bits per heavy atom. The molecule has 146 valence electrons. The highest BCUT2D eigenvalue weighted by atomic mass is 35.5. The summed E-state index contributed by atoms with van der Waals surface area (Å²) in [7, 11) is 0. The zero-order valence-corrected chi connectivity index (χ0v) is 16.7. The molecule has 1 aromatic rings. The predicted octanol–water partition coefficient (Wildman–Crippen LogP) is 3.26. The SMILES string of the molecule is CC(=O)/C(OCC1(C)CC1)=C(\C=N/Nc1cccc(Cl)c1)N1CCNCC1. The van der Waals surface area contributed by atoms with Crippen LogP contribution in [0.15, 0.2) is 40.8 Å². The van der Waals surface area contributed by atoms with Gasteiger partial charge in [-0.15, -0.1) is 0 Å². The number of anilines is 1. The quantitative estimate of drug-likeness (QED) is 0.308. The molecule has 27 heavy (non-hydrogen) atoms. The van der Waals surface area contributed by atoms with Crippen molar-refractivity contribution in [2.24, 2.45) is 10.5 Å². The molecule has 0 aromatic heterocycles. The van der Waals surface area contributed by atoms with Gasteiger partial charge in [-0.05, 0) is 31.0 Å². The molecule has 0 atom stereocenters. The molecule has 2 N–H and O–H groups in total. The smallest absolute Gasteiger partial charge is 0.196 e. The zero-order valence-electron chi connectivity index (χ0n) is 15.9. The van der Waals surface area contributed by atoms with Crippen LogP contribution in [0.5, 0.6) is 0 Å². The van der Waals surface area contributed by atoms with Crippen molar-refractivity contribution >= 4 is 29.3 Å². The van der Waals surface area contributed by atoms with E-state index in [1.165, 1.54) is 0 Å². The molecule has 3 rings (SSSR count). The highest BCUT2D eigenvalue weighted by Gasteiger charge is 2.38. The summed E-state index contributed by atoms with van der Waals surface area (Å²) in [6.45, 7) is 7.62. The number of Topliss-reactive ketones (excluding diaryl/α,β-unsaturated/α-hetero) is 1. The number of nitrogens with zero attached hydrogens (tertiary/aromatic N) is 2. The molecule has 0 amide bonds. The average molecular weight is 391 g/mol. The normalized spacial score (nSPS) is 19.6. The van der Waals surface area contributed by atoms with E-state index in [-0.39, 0.29) is 11.2 Å². The van der Waals surface area contributed by atoms with Gasteiger partial charge in [-0.3, -0.25) is 10.2 Å². The Morgan fingerprint density at radius 2 is 2.15 bits per heavy atom. The van der Waals surface area contributed by atoms with E-state index in [2.05, 4.69) is 27.7 Å². The summed E-state index contributed by atoms with van der Waals surface area (Å²) in [5.74, 6) is 0.309. The molecule has 0 unspecified atom stereocenters. The first-order valence-electron chi connectivity index (χ1n) is 9.35. The van der Waals surface area contributed by atoms with E-state index in [1.54, 1.807) is 19.2 Å². The maximum Gasteiger partial charge on any atom is 0.196 e. The zero-order chi connectivity index (χ0) is 19.3. The Balaban J connectivity index is 1.81. The molecule has 6 nitrogen and oxygen atoms in total. The van der Waals surface area contributed by atoms with Crippen LogP contribution >= 0.6 is 11.6 Å². The molecule has 0 spiro atoms. The molecule has 2 aliphatic rings. The molecule has 1 saturated heterocycles. The Hall–Kier alpha value is -2.05. The van der Waals surface area contributed by atoms with Crippen LogP contribution in [0.4, 0.5) is 5.69 Å². The van der Waals surface area contributed by atoms with Crippen molar-refractivity contribution in [3.63, 3.8) is 0 Å². The second-order valence-electron chi connectivity index (χ2n) is 7.49. The molecular formula is C20H27ClN4O2. The van der Waals surface area contributed by atoms with Crippen LogP contribution < -0.4 is 10.7 Å². The number of hydrogen-bond donors (Lipinski definition) is 2. The maximum absolute atomic E-state index is 12.3. The van der Waals surface area contributed by atoms with Crippen molar-refractivity contribution < 1.29 is 9.53 Å². The fourth-order valence-corrected chi connectivity index (χ4v) is 3.07. The molecule has 1 saturated carbocycles. The lowest BCUT2D eigenvalue weighted by Gasteiger charge is -2.31. The van der Waals surface area contributed by atoms with E-state index in [0.717, 1.165) is 50.4 Å². The van der Waals surface area contributed by atoms with E-state index >= 15 is 0 Å². The molecular weight excluding hydrogens is 364 g/mol. The van der Waals surface area contributed by atoms with E-state index in [1.807, 2.05) is 18.2 Å². The summed E-state index contributed by atoms with van der Waals surface area (Å²) < 4.78 is 6.00. The number of piperazine rings is 1.